The molecule has 162 valence electrons. The molecule has 2 aromatic carbocycles. The van der Waals surface area contributed by atoms with Crippen molar-refractivity contribution in [1.82, 2.24) is 0 Å². The third kappa shape index (κ3) is 5.41. The average molecular weight is 436 g/mol. The van der Waals surface area contributed by atoms with Crippen molar-refractivity contribution in [3.63, 3.8) is 0 Å². The lowest BCUT2D eigenvalue weighted by Gasteiger charge is -2.24. The lowest BCUT2D eigenvalue weighted by atomic mass is 10.1. The SMILES string of the molecule is CCN(c1cc(OC)c(OC)cc1C(=O)Nc1cccc(NC(C)=O)c1)S(C)(=O)=O. The van der Waals surface area contributed by atoms with Crippen LogP contribution in [-0.2, 0) is 14.8 Å². The molecule has 0 unspecified atom stereocenters. The van der Waals surface area contributed by atoms with Crippen molar-refractivity contribution in [1.29, 1.82) is 0 Å². The highest BCUT2D eigenvalue weighted by Gasteiger charge is 2.25. The number of ether oxygens (including phenoxy) is 2. The summed E-state index contributed by atoms with van der Waals surface area (Å²) < 4.78 is 36.2. The van der Waals surface area contributed by atoms with Crippen molar-refractivity contribution >= 4 is 38.9 Å². The summed E-state index contributed by atoms with van der Waals surface area (Å²) in [4.78, 5) is 24.3. The van der Waals surface area contributed by atoms with Crippen LogP contribution >= 0.6 is 0 Å². The monoisotopic (exact) mass is 435 g/mol. The van der Waals surface area contributed by atoms with E-state index in [-0.39, 0.29) is 29.5 Å². The summed E-state index contributed by atoms with van der Waals surface area (Å²) >= 11 is 0. The molecule has 9 nitrogen and oxygen atoms in total. The van der Waals surface area contributed by atoms with Crippen LogP contribution in [0.4, 0.5) is 17.1 Å². The molecule has 10 heteroatoms. The van der Waals surface area contributed by atoms with E-state index in [9.17, 15) is 18.0 Å². The summed E-state index contributed by atoms with van der Waals surface area (Å²) in [7, 11) is -0.809. The summed E-state index contributed by atoms with van der Waals surface area (Å²) in [6.07, 6.45) is 1.06. The number of carbonyl (C=O) groups excluding carboxylic acids is 2. The van der Waals surface area contributed by atoms with Crippen molar-refractivity contribution in [2.75, 3.05) is 42.0 Å². The lowest BCUT2D eigenvalue weighted by Crippen LogP contribution is -2.31. The highest BCUT2D eigenvalue weighted by molar-refractivity contribution is 7.92. The standard InChI is InChI=1S/C20H25N3O6S/c1-6-23(30(5,26)27)17-12-19(29-4)18(28-3)11-16(17)20(25)22-15-9-7-8-14(10-15)21-13(2)24/h7-12H,6H2,1-5H3,(H,21,24)(H,22,25). The maximum absolute atomic E-state index is 13.1. The predicted molar refractivity (Wildman–Crippen MR) is 116 cm³/mol. The van der Waals surface area contributed by atoms with E-state index in [2.05, 4.69) is 10.6 Å². The Hall–Kier alpha value is -3.27. The molecular weight excluding hydrogens is 410 g/mol. The molecule has 0 heterocycles. The molecule has 0 spiro atoms. The molecule has 0 radical (unpaired) electrons. The molecule has 2 aromatic rings. The first-order valence-corrected chi connectivity index (χ1v) is 10.9. The molecule has 0 saturated heterocycles. The van der Waals surface area contributed by atoms with Gasteiger partial charge >= 0.3 is 0 Å². The first-order chi connectivity index (χ1) is 14.1. The van der Waals surface area contributed by atoms with Gasteiger partial charge in [-0.3, -0.25) is 13.9 Å². The average Bonchev–Trinajstić information content (AvgIpc) is 2.66. The molecule has 0 aromatic heterocycles. The Labute approximate surface area is 176 Å². The summed E-state index contributed by atoms with van der Waals surface area (Å²) in [5.74, 6) is -0.220. The number of anilines is 3. The van der Waals surface area contributed by atoms with Crippen molar-refractivity contribution < 1.29 is 27.5 Å². The number of nitrogens with zero attached hydrogens (tertiary/aromatic N) is 1. The van der Waals surface area contributed by atoms with E-state index in [0.29, 0.717) is 17.1 Å². The van der Waals surface area contributed by atoms with Crippen LogP contribution in [0.1, 0.15) is 24.2 Å². The largest absolute Gasteiger partial charge is 0.493 e. The van der Waals surface area contributed by atoms with Crippen molar-refractivity contribution in [2.24, 2.45) is 0 Å². The number of methoxy groups -OCH3 is 2. The molecule has 0 aliphatic heterocycles. The Morgan fingerprint density at radius 1 is 1.00 bits per heavy atom. The molecule has 30 heavy (non-hydrogen) atoms. The van der Waals surface area contributed by atoms with Gasteiger partial charge in [-0.1, -0.05) is 6.07 Å². The number of amides is 2. The van der Waals surface area contributed by atoms with Crippen LogP contribution in [0, 0.1) is 0 Å². The first kappa shape index (κ1) is 23.0. The molecule has 2 N–H and O–H groups in total. The van der Waals surface area contributed by atoms with Gasteiger partial charge in [-0.2, -0.15) is 0 Å². The number of hydrogen-bond donors (Lipinski definition) is 2. The zero-order chi connectivity index (χ0) is 22.5. The molecule has 0 aliphatic carbocycles. The smallest absolute Gasteiger partial charge is 0.257 e. The van der Waals surface area contributed by atoms with Crippen LogP contribution in [0.5, 0.6) is 11.5 Å². The Morgan fingerprint density at radius 3 is 2.07 bits per heavy atom. The zero-order valence-electron chi connectivity index (χ0n) is 17.5. The third-order valence-corrected chi connectivity index (χ3v) is 5.40. The van der Waals surface area contributed by atoms with Gasteiger partial charge in [0.05, 0.1) is 31.7 Å². The van der Waals surface area contributed by atoms with E-state index in [1.165, 1.54) is 33.3 Å². The van der Waals surface area contributed by atoms with Gasteiger partial charge in [0.2, 0.25) is 15.9 Å². The maximum Gasteiger partial charge on any atom is 0.257 e. The van der Waals surface area contributed by atoms with Crippen LogP contribution in [0.15, 0.2) is 36.4 Å². The number of hydrogen-bond acceptors (Lipinski definition) is 6. The van der Waals surface area contributed by atoms with Gasteiger partial charge in [0.1, 0.15) is 0 Å². The van der Waals surface area contributed by atoms with E-state index in [4.69, 9.17) is 9.47 Å². The fourth-order valence-electron chi connectivity index (χ4n) is 2.92. The Morgan fingerprint density at radius 2 is 1.57 bits per heavy atom. The lowest BCUT2D eigenvalue weighted by molar-refractivity contribution is -0.114. The van der Waals surface area contributed by atoms with Crippen LogP contribution in [0.2, 0.25) is 0 Å². The van der Waals surface area contributed by atoms with E-state index >= 15 is 0 Å². The molecule has 0 saturated carbocycles. The van der Waals surface area contributed by atoms with E-state index < -0.39 is 15.9 Å². The fraction of sp³-hybridized carbons (Fsp3) is 0.300. The third-order valence-electron chi connectivity index (χ3n) is 4.14. The molecule has 0 bridgehead atoms. The topological polar surface area (TPSA) is 114 Å². The van der Waals surface area contributed by atoms with E-state index in [0.717, 1.165) is 10.6 Å². The second-order valence-electron chi connectivity index (χ2n) is 6.37. The number of sulfonamides is 1. The first-order valence-electron chi connectivity index (χ1n) is 9.03. The van der Waals surface area contributed by atoms with Gasteiger partial charge in [-0.15, -0.1) is 0 Å². The zero-order valence-corrected chi connectivity index (χ0v) is 18.3. The maximum atomic E-state index is 13.1. The number of benzene rings is 2. The van der Waals surface area contributed by atoms with Gasteiger partial charge in [0.15, 0.2) is 11.5 Å². The van der Waals surface area contributed by atoms with Crippen LogP contribution in [0.25, 0.3) is 0 Å². The van der Waals surface area contributed by atoms with E-state index in [1.807, 2.05) is 0 Å². The number of nitrogens with one attached hydrogen (secondary N) is 2. The van der Waals surface area contributed by atoms with Gasteiger partial charge in [0.25, 0.3) is 5.91 Å². The highest BCUT2D eigenvalue weighted by atomic mass is 32.2. The molecule has 0 fully saturated rings. The van der Waals surface area contributed by atoms with Crippen molar-refractivity contribution in [3.05, 3.63) is 42.0 Å². The molecule has 0 atom stereocenters. The van der Waals surface area contributed by atoms with Crippen molar-refractivity contribution in [3.8, 4) is 11.5 Å². The van der Waals surface area contributed by atoms with Gasteiger partial charge in [-0.05, 0) is 31.2 Å². The van der Waals surface area contributed by atoms with Crippen molar-refractivity contribution in [2.45, 2.75) is 13.8 Å². The van der Waals surface area contributed by atoms with E-state index in [1.54, 1.807) is 31.2 Å². The normalized spacial score (nSPS) is 10.8. The summed E-state index contributed by atoms with van der Waals surface area (Å²) in [6.45, 7) is 3.16. The van der Waals surface area contributed by atoms with Gasteiger partial charge in [-0.25, -0.2) is 8.42 Å². The van der Waals surface area contributed by atoms with Crippen LogP contribution < -0.4 is 24.4 Å². The molecule has 0 aliphatic rings. The minimum absolute atomic E-state index is 0.0878. The summed E-state index contributed by atoms with van der Waals surface area (Å²) in [5.41, 5.74) is 1.19. The molecule has 2 amide bonds. The second kappa shape index (κ2) is 9.49. The summed E-state index contributed by atoms with van der Waals surface area (Å²) in [6, 6.07) is 9.47. The Kier molecular flexibility index (Phi) is 7.28. The molecule has 2 rings (SSSR count). The minimum atomic E-state index is -3.65. The number of carbonyl (C=O) groups is 2. The Bertz CT molecular complexity index is 1050. The van der Waals surface area contributed by atoms with Crippen LogP contribution in [0.3, 0.4) is 0 Å². The molecular formula is C20H25N3O6S. The van der Waals surface area contributed by atoms with Gasteiger partial charge in [0, 0.05) is 30.9 Å². The van der Waals surface area contributed by atoms with Crippen LogP contribution in [-0.4, -0.2) is 47.3 Å². The van der Waals surface area contributed by atoms with Gasteiger partial charge < -0.3 is 20.1 Å². The highest BCUT2D eigenvalue weighted by Crippen LogP contribution is 2.36. The summed E-state index contributed by atoms with van der Waals surface area (Å²) in [5, 5.41) is 5.36. The fourth-order valence-corrected chi connectivity index (χ4v) is 3.89. The number of rotatable bonds is 8. The Balaban J connectivity index is 2.53. The minimum Gasteiger partial charge on any atom is -0.493 e. The predicted octanol–water partition coefficient (Wildman–Crippen LogP) is 2.70. The second-order valence-corrected chi connectivity index (χ2v) is 8.28. The quantitative estimate of drug-likeness (QED) is 0.659.